The molecule has 1 saturated carbocycles. The minimum Gasteiger partial charge on any atom is -0.444 e. The molecule has 3 amide bonds. The summed E-state index contributed by atoms with van der Waals surface area (Å²) < 4.78 is 41.0. The van der Waals surface area contributed by atoms with Crippen molar-refractivity contribution >= 4 is 27.9 Å². The molecule has 2 N–H and O–H groups in total. The molecule has 1 unspecified atom stereocenters. The van der Waals surface area contributed by atoms with Crippen molar-refractivity contribution in [3.05, 3.63) is 79.9 Å². The van der Waals surface area contributed by atoms with Crippen molar-refractivity contribution in [1.82, 2.24) is 19.8 Å². The summed E-state index contributed by atoms with van der Waals surface area (Å²) in [5, 5.41) is 16.6. The van der Waals surface area contributed by atoms with E-state index in [0.717, 1.165) is 24.8 Å². The van der Waals surface area contributed by atoms with Gasteiger partial charge in [0, 0.05) is 33.1 Å². The van der Waals surface area contributed by atoms with E-state index < -0.39 is 55.6 Å². The van der Waals surface area contributed by atoms with Crippen LogP contribution in [0.4, 0.5) is 4.79 Å². The van der Waals surface area contributed by atoms with E-state index in [1.165, 1.54) is 42.1 Å². The Morgan fingerprint density at radius 3 is 2.23 bits per heavy atom. The van der Waals surface area contributed by atoms with Crippen molar-refractivity contribution in [1.29, 1.82) is 0 Å². The van der Waals surface area contributed by atoms with Crippen LogP contribution in [0.5, 0.6) is 0 Å². The van der Waals surface area contributed by atoms with Crippen LogP contribution in [0.3, 0.4) is 0 Å². The van der Waals surface area contributed by atoms with E-state index in [0.29, 0.717) is 24.0 Å². The highest BCUT2D eigenvalue weighted by Gasteiger charge is 2.54. The Balaban J connectivity index is 2.04. The van der Waals surface area contributed by atoms with Crippen molar-refractivity contribution in [2.24, 2.45) is 0 Å². The van der Waals surface area contributed by atoms with Gasteiger partial charge in [-0.3, -0.25) is 19.7 Å². The van der Waals surface area contributed by atoms with Crippen LogP contribution in [0.25, 0.3) is 0 Å². The predicted octanol–water partition coefficient (Wildman–Crippen LogP) is 5.20. The van der Waals surface area contributed by atoms with Gasteiger partial charge < -0.3 is 25.0 Å². The van der Waals surface area contributed by atoms with Crippen LogP contribution in [-0.4, -0.2) is 89.9 Å². The summed E-state index contributed by atoms with van der Waals surface area (Å²) in [6, 6.07) is 8.12. The molecule has 1 spiro atoms. The molecule has 52 heavy (non-hydrogen) atoms. The lowest BCUT2D eigenvalue weighted by Gasteiger charge is -2.42. The average molecular weight is 746 g/mol. The SMILES string of the molecule is CCN(CC1=C(/C(C)=C/C=C(\C)[N+](=O)[O-])S(=O)(=O)N(C)C12CCCCC2)C(=O)C(COCc1ccccc1)NC(=O)C(C)(C)NC(=O)OC(C)(C)C. The van der Waals surface area contributed by atoms with Crippen LogP contribution < -0.4 is 10.6 Å². The second kappa shape index (κ2) is 17.2. The zero-order valence-corrected chi connectivity index (χ0v) is 32.7. The lowest BCUT2D eigenvalue weighted by atomic mass is 9.75. The van der Waals surface area contributed by atoms with Gasteiger partial charge in [0.15, 0.2) is 0 Å². The van der Waals surface area contributed by atoms with Crippen LogP contribution in [0.2, 0.25) is 0 Å². The normalized spacial score (nSPS) is 18.6. The number of nitrogens with one attached hydrogen (secondary N) is 2. The van der Waals surface area contributed by atoms with E-state index in [1.807, 2.05) is 30.3 Å². The monoisotopic (exact) mass is 745 g/mol. The zero-order valence-electron chi connectivity index (χ0n) is 31.9. The molecule has 1 heterocycles. The standard InChI is InChI=1S/C37H55N5O9S/c1-10-41(23-29-31(26(2)19-20-27(3)42(46)47)52(48,49)40(9)37(29)21-15-12-16-22-37)32(43)30(25-50-24-28-17-13-11-14-18-28)38-33(44)36(7,8)39-34(45)51-35(4,5)6/h11,13-14,17-20,30H,10,12,15-16,21-25H2,1-9H3,(H,38,44)(H,39,45)/b26-19+,27-20+. The number of sulfonamides is 1. The fourth-order valence-corrected chi connectivity index (χ4v) is 8.54. The maximum atomic E-state index is 14.5. The van der Waals surface area contributed by atoms with Crippen LogP contribution >= 0.6 is 0 Å². The number of hydrogen-bond donors (Lipinski definition) is 2. The minimum absolute atomic E-state index is 0.0409. The predicted molar refractivity (Wildman–Crippen MR) is 198 cm³/mol. The summed E-state index contributed by atoms with van der Waals surface area (Å²) in [5.41, 5.74) is -1.62. The Kier molecular flexibility index (Phi) is 14.0. The topological polar surface area (TPSA) is 177 Å². The number of allylic oxidation sites excluding steroid dienone is 4. The van der Waals surface area contributed by atoms with Gasteiger partial charge in [0.25, 0.3) is 0 Å². The third-order valence-corrected chi connectivity index (χ3v) is 11.5. The summed E-state index contributed by atoms with van der Waals surface area (Å²) in [6.45, 7) is 12.8. The van der Waals surface area contributed by atoms with Crippen molar-refractivity contribution < 1.29 is 37.2 Å². The molecule has 1 aromatic carbocycles. The van der Waals surface area contributed by atoms with E-state index in [1.54, 1.807) is 41.7 Å². The number of benzene rings is 1. The Bertz CT molecular complexity index is 1690. The largest absolute Gasteiger partial charge is 0.444 e. The van der Waals surface area contributed by atoms with Gasteiger partial charge in [-0.15, -0.1) is 0 Å². The van der Waals surface area contributed by atoms with E-state index in [9.17, 15) is 32.9 Å². The number of amides is 3. The summed E-state index contributed by atoms with van der Waals surface area (Å²) in [4.78, 5) is 53.1. The van der Waals surface area contributed by atoms with Crippen LogP contribution in [0.15, 0.2) is 64.2 Å². The zero-order chi connectivity index (χ0) is 39.1. The van der Waals surface area contributed by atoms with E-state index in [2.05, 4.69) is 10.6 Å². The molecule has 1 aliphatic heterocycles. The van der Waals surface area contributed by atoms with E-state index >= 15 is 0 Å². The second-order valence-corrected chi connectivity index (χ2v) is 16.8. The Morgan fingerprint density at radius 1 is 1.06 bits per heavy atom. The van der Waals surface area contributed by atoms with Crippen LogP contribution in [0.1, 0.15) is 93.1 Å². The molecule has 1 fully saturated rings. The van der Waals surface area contributed by atoms with Gasteiger partial charge >= 0.3 is 6.09 Å². The van der Waals surface area contributed by atoms with Gasteiger partial charge in [0.05, 0.1) is 28.6 Å². The molecule has 0 bridgehead atoms. The number of nitro groups is 1. The van der Waals surface area contributed by atoms with Gasteiger partial charge in [-0.05, 0) is 78.0 Å². The molecule has 14 nitrogen and oxygen atoms in total. The molecule has 288 valence electrons. The molecular weight excluding hydrogens is 691 g/mol. The number of hydrogen-bond acceptors (Lipinski definition) is 9. The molecule has 1 atom stereocenters. The summed E-state index contributed by atoms with van der Waals surface area (Å²) >= 11 is 0. The number of carbonyl (C=O) groups excluding carboxylic acids is 3. The fourth-order valence-electron chi connectivity index (χ4n) is 6.47. The van der Waals surface area contributed by atoms with Crippen molar-refractivity contribution in [3.63, 3.8) is 0 Å². The first-order valence-corrected chi connectivity index (χ1v) is 19.1. The maximum Gasteiger partial charge on any atom is 0.408 e. The number of ether oxygens (including phenoxy) is 2. The summed E-state index contributed by atoms with van der Waals surface area (Å²) in [7, 11) is -2.48. The fraction of sp³-hybridized carbons (Fsp3) is 0.595. The highest BCUT2D eigenvalue weighted by molar-refractivity contribution is 7.93. The van der Waals surface area contributed by atoms with Crippen LogP contribution in [-0.2, 0) is 35.7 Å². The molecule has 3 rings (SSSR count). The average Bonchev–Trinajstić information content (AvgIpc) is 3.21. The molecular formula is C37H55N5O9S. The first kappa shape index (κ1) is 42.3. The summed E-state index contributed by atoms with van der Waals surface area (Å²) in [5.74, 6) is -1.16. The van der Waals surface area contributed by atoms with Gasteiger partial charge in [-0.1, -0.05) is 55.7 Å². The molecule has 0 aromatic heterocycles. The van der Waals surface area contributed by atoms with Gasteiger partial charge in [-0.2, -0.15) is 4.31 Å². The second-order valence-electron chi connectivity index (χ2n) is 14.9. The molecule has 0 saturated heterocycles. The Morgan fingerprint density at radius 2 is 1.67 bits per heavy atom. The van der Waals surface area contributed by atoms with Crippen molar-refractivity contribution in [2.45, 2.75) is 117 Å². The number of alkyl carbamates (subject to hydrolysis) is 1. The van der Waals surface area contributed by atoms with E-state index in [4.69, 9.17) is 9.47 Å². The first-order valence-electron chi connectivity index (χ1n) is 17.6. The number of nitrogens with zero attached hydrogens (tertiary/aromatic N) is 3. The van der Waals surface area contributed by atoms with Crippen LogP contribution in [0, 0.1) is 10.1 Å². The number of carbonyl (C=O) groups is 3. The smallest absolute Gasteiger partial charge is 0.408 e. The van der Waals surface area contributed by atoms with Crippen molar-refractivity contribution in [2.75, 3.05) is 26.7 Å². The third-order valence-electron chi connectivity index (χ3n) is 9.38. The maximum absolute atomic E-state index is 14.5. The lowest BCUT2D eigenvalue weighted by Crippen LogP contribution is -2.61. The van der Waals surface area contributed by atoms with Gasteiger partial charge in [0.2, 0.25) is 27.5 Å². The number of rotatable bonds is 14. The van der Waals surface area contributed by atoms with E-state index in [-0.39, 0.29) is 36.9 Å². The molecule has 0 radical (unpaired) electrons. The van der Waals surface area contributed by atoms with Gasteiger partial charge in [-0.25, -0.2) is 13.2 Å². The first-order chi connectivity index (χ1) is 24.2. The molecule has 15 heteroatoms. The molecule has 1 aliphatic carbocycles. The highest BCUT2D eigenvalue weighted by atomic mass is 32.2. The molecule has 2 aliphatic rings. The summed E-state index contributed by atoms with van der Waals surface area (Å²) in [6.07, 6.45) is 5.50. The molecule has 1 aromatic rings. The van der Waals surface area contributed by atoms with Crippen molar-refractivity contribution in [3.8, 4) is 0 Å². The minimum atomic E-state index is -4.04. The highest BCUT2D eigenvalue weighted by Crippen LogP contribution is 2.50. The third kappa shape index (κ3) is 10.3. The Hall–Kier alpha value is -4.08. The lowest BCUT2D eigenvalue weighted by molar-refractivity contribution is -0.424. The van der Waals surface area contributed by atoms with Gasteiger partial charge in [0.1, 0.15) is 17.2 Å². The number of likely N-dealkylation sites (N-methyl/N-ethyl adjacent to an activating group) is 2. The quantitative estimate of drug-likeness (QED) is 0.147. The Labute approximate surface area is 307 Å².